The van der Waals surface area contributed by atoms with Crippen LogP contribution in [-0.4, -0.2) is 57.9 Å². The number of rotatable bonds is 6. The molecule has 10 nitrogen and oxygen atoms in total. The van der Waals surface area contributed by atoms with Crippen molar-refractivity contribution in [3.8, 4) is 28.6 Å². The molecule has 0 aliphatic carbocycles. The van der Waals surface area contributed by atoms with Crippen molar-refractivity contribution in [3.05, 3.63) is 94.3 Å². The molecular weight excluding hydrogens is 617 g/mol. The van der Waals surface area contributed by atoms with Crippen LogP contribution in [0, 0.1) is 12.7 Å². The van der Waals surface area contributed by atoms with Crippen molar-refractivity contribution in [2.45, 2.75) is 39.2 Å². The number of hydrogen-bond acceptors (Lipinski definition) is 9. The number of carbonyl (C=O) groups excluding carboxylic acids is 2. The molecule has 2 aliphatic rings. The number of halogens is 1. The third kappa shape index (κ3) is 8.40. The first-order valence-electron chi connectivity index (χ1n) is 15.8. The smallest absolute Gasteiger partial charge is 0.338 e. The number of nitrogens with zero attached hydrogens (tertiary/aromatic N) is 1. The quantitative estimate of drug-likeness (QED) is 0.223. The predicted molar refractivity (Wildman–Crippen MR) is 181 cm³/mol. The number of ether oxygens (including phenoxy) is 5. The second-order valence-corrected chi connectivity index (χ2v) is 11.3. The number of aryl methyl sites for hydroxylation is 2. The lowest BCUT2D eigenvalue weighted by molar-refractivity contribution is -0.115. The van der Waals surface area contributed by atoms with Crippen molar-refractivity contribution in [1.82, 2.24) is 4.98 Å². The summed E-state index contributed by atoms with van der Waals surface area (Å²) in [5.41, 5.74) is 6.05. The topological polar surface area (TPSA) is 117 Å². The van der Waals surface area contributed by atoms with E-state index in [2.05, 4.69) is 10.6 Å². The Morgan fingerprint density at radius 3 is 2.46 bits per heavy atom. The van der Waals surface area contributed by atoms with E-state index in [9.17, 15) is 14.0 Å². The lowest BCUT2D eigenvalue weighted by atomic mass is 9.99. The fourth-order valence-electron chi connectivity index (χ4n) is 5.35. The van der Waals surface area contributed by atoms with Crippen molar-refractivity contribution < 1.29 is 37.7 Å². The van der Waals surface area contributed by atoms with Crippen molar-refractivity contribution in [2.75, 3.05) is 51.7 Å². The number of fused-ring (bicyclic) bond motifs is 6. The average Bonchev–Trinajstić information content (AvgIpc) is 3.05. The monoisotopic (exact) mass is 657 g/mol. The first kappa shape index (κ1) is 34.2. The third-order valence-corrected chi connectivity index (χ3v) is 8.00. The second-order valence-electron chi connectivity index (χ2n) is 11.3. The Hall–Kier alpha value is -5.16. The number of esters is 1. The van der Waals surface area contributed by atoms with E-state index in [1.807, 2.05) is 31.2 Å². The molecule has 1 amide bonds. The highest BCUT2D eigenvalue weighted by atomic mass is 19.1. The zero-order valence-electron chi connectivity index (χ0n) is 27.6. The van der Waals surface area contributed by atoms with Gasteiger partial charge in [0.25, 0.3) is 0 Å². The summed E-state index contributed by atoms with van der Waals surface area (Å²) >= 11 is 0. The summed E-state index contributed by atoms with van der Waals surface area (Å²) in [6.45, 7) is 4.59. The van der Waals surface area contributed by atoms with E-state index in [0.717, 1.165) is 35.5 Å². The van der Waals surface area contributed by atoms with Gasteiger partial charge in [-0.05, 0) is 79.3 Å². The Morgan fingerprint density at radius 1 is 0.958 bits per heavy atom. The first-order chi connectivity index (χ1) is 23.3. The van der Waals surface area contributed by atoms with Crippen LogP contribution in [0.1, 0.15) is 45.5 Å². The summed E-state index contributed by atoms with van der Waals surface area (Å²) in [6, 6.07) is 17.2. The molecule has 4 aromatic rings. The van der Waals surface area contributed by atoms with Crippen LogP contribution in [0.2, 0.25) is 0 Å². The van der Waals surface area contributed by atoms with E-state index in [4.69, 9.17) is 28.7 Å². The van der Waals surface area contributed by atoms with Crippen LogP contribution in [0.5, 0.6) is 17.4 Å². The van der Waals surface area contributed by atoms with Crippen LogP contribution < -0.4 is 24.8 Å². The summed E-state index contributed by atoms with van der Waals surface area (Å²) in [6.07, 6.45) is 2.50. The van der Waals surface area contributed by atoms with Gasteiger partial charge < -0.3 is 34.3 Å². The van der Waals surface area contributed by atoms with Gasteiger partial charge in [-0.1, -0.05) is 18.2 Å². The molecule has 0 radical (unpaired) electrons. The lowest BCUT2D eigenvalue weighted by Crippen LogP contribution is -2.18. The number of hydrogen-bond donors (Lipinski definition) is 2. The summed E-state index contributed by atoms with van der Waals surface area (Å²) in [4.78, 5) is 30.3. The van der Waals surface area contributed by atoms with Crippen LogP contribution in [-0.2, 0) is 33.7 Å². The molecule has 252 valence electrons. The molecule has 0 spiro atoms. The Labute approximate surface area is 279 Å². The van der Waals surface area contributed by atoms with Gasteiger partial charge in [0, 0.05) is 37.5 Å². The van der Waals surface area contributed by atoms with Crippen molar-refractivity contribution >= 4 is 23.3 Å². The van der Waals surface area contributed by atoms with E-state index in [1.165, 1.54) is 38.8 Å². The highest BCUT2D eigenvalue weighted by molar-refractivity contribution is 6.00. The molecular formula is C37H40FN3O7. The standard InChI is InChI=1S/C34H34FN3O6.C3H6O/c1-20-13-23(17-31(39)38-33-28(36-2)15-24(34(40)42-4)16-30(33)41-3)29-18-26(20)27-8-5-9-32(37-27)44-19-22-10-11-25(35)14-21(22)7-6-12-43-29;1-2-4-3-1/h5,8-11,13-16,18,36H,6-7,12,17,19H2,1-4H3,(H,38,39);1-3H2. The molecule has 48 heavy (non-hydrogen) atoms. The second kappa shape index (κ2) is 16.1. The van der Waals surface area contributed by atoms with Crippen LogP contribution in [0.4, 0.5) is 15.8 Å². The van der Waals surface area contributed by atoms with Gasteiger partial charge in [0.2, 0.25) is 11.8 Å². The van der Waals surface area contributed by atoms with Gasteiger partial charge in [0.15, 0.2) is 0 Å². The highest BCUT2D eigenvalue weighted by Gasteiger charge is 2.20. The van der Waals surface area contributed by atoms with Crippen molar-refractivity contribution in [3.63, 3.8) is 0 Å². The maximum Gasteiger partial charge on any atom is 0.338 e. The SMILES string of the molecule is C1COC1.CNc1cc(C(=O)OC)cc(OC)c1NC(=O)Cc1cc(C)c2cc1OCCCc1cc(F)ccc1COc1cccc-2n1. The van der Waals surface area contributed by atoms with E-state index >= 15 is 0 Å². The molecule has 0 atom stereocenters. The minimum absolute atomic E-state index is 0.00609. The molecule has 3 heterocycles. The van der Waals surface area contributed by atoms with Crippen LogP contribution in [0.15, 0.2) is 60.7 Å². The normalized spacial score (nSPS) is 13.4. The van der Waals surface area contributed by atoms with Gasteiger partial charge in [-0.25, -0.2) is 14.2 Å². The molecule has 11 heteroatoms. The fourth-order valence-corrected chi connectivity index (χ4v) is 5.35. The maximum absolute atomic E-state index is 14.1. The largest absolute Gasteiger partial charge is 0.494 e. The molecule has 1 fully saturated rings. The number of aromatic nitrogens is 1. The number of benzene rings is 3. The fraction of sp³-hybridized carbons (Fsp3) is 0.324. The number of methoxy groups -OCH3 is 2. The molecule has 2 aliphatic heterocycles. The third-order valence-electron chi connectivity index (χ3n) is 8.00. The molecule has 4 bridgehead atoms. The molecule has 0 saturated carbocycles. The minimum atomic E-state index is -0.527. The van der Waals surface area contributed by atoms with Gasteiger partial charge in [0.1, 0.15) is 29.6 Å². The average molecular weight is 658 g/mol. The van der Waals surface area contributed by atoms with Gasteiger partial charge in [-0.2, -0.15) is 0 Å². The van der Waals surface area contributed by atoms with E-state index in [-0.39, 0.29) is 30.3 Å². The molecule has 6 rings (SSSR count). The number of pyridine rings is 1. The number of anilines is 2. The van der Waals surface area contributed by atoms with Crippen LogP contribution in [0.25, 0.3) is 11.3 Å². The Bertz CT molecular complexity index is 1750. The van der Waals surface area contributed by atoms with Crippen molar-refractivity contribution in [2.24, 2.45) is 0 Å². The summed E-state index contributed by atoms with van der Waals surface area (Å²) in [5.74, 6) is 0.163. The first-order valence-corrected chi connectivity index (χ1v) is 15.8. The summed E-state index contributed by atoms with van der Waals surface area (Å²) < 4.78 is 41.4. The van der Waals surface area contributed by atoms with Crippen molar-refractivity contribution in [1.29, 1.82) is 0 Å². The molecule has 2 N–H and O–H groups in total. The number of nitrogens with one attached hydrogen (secondary N) is 2. The van der Waals surface area contributed by atoms with Gasteiger partial charge >= 0.3 is 5.97 Å². The zero-order valence-corrected chi connectivity index (χ0v) is 27.6. The molecule has 3 aromatic carbocycles. The lowest BCUT2D eigenvalue weighted by Gasteiger charge is -2.19. The van der Waals surface area contributed by atoms with Gasteiger partial charge in [-0.15, -0.1) is 0 Å². The summed E-state index contributed by atoms with van der Waals surface area (Å²) in [7, 11) is 4.43. The predicted octanol–water partition coefficient (Wildman–Crippen LogP) is 6.52. The maximum atomic E-state index is 14.1. The van der Waals surface area contributed by atoms with Crippen LogP contribution >= 0.6 is 0 Å². The number of carbonyl (C=O) groups is 2. The van der Waals surface area contributed by atoms with Gasteiger partial charge in [0.05, 0.1) is 44.2 Å². The van der Waals surface area contributed by atoms with E-state index in [1.54, 1.807) is 25.2 Å². The molecule has 0 unspecified atom stereocenters. The Balaban J connectivity index is 0.00000105. The highest BCUT2D eigenvalue weighted by Crippen LogP contribution is 2.36. The molecule has 1 saturated heterocycles. The summed E-state index contributed by atoms with van der Waals surface area (Å²) in [5, 5.41) is 5.93. The van der Waals surface area contributed by atoms with E-state index < -0.39 is 5.97 Å². The van der Waals surface area contributed by atoms with Gasteiger partial charge in [-0.3, -0.25) is 4.79 Å². The van der Waals surface area contributed by atoms with E-state index in [0.29, 0.717) is 59.5 Å². The minimum Gasteiger partial charge on any atom is -0.494 e. The van der Waals surface area contributed by atoms with Crippen LogP contribution in [0.3, 0.4) is 0 Å². The Kier molecular flexibility index (Phi) is 11.5. The number of amides is 1. The zero-order chi connectivity index (χ0) is 34.0. The Morgan fingerprint density at radius 2 is 1.75 bits per heavy atom. The molecule has 1 aromatic heterocycles.